The highest BCUT2D eigenvalue weighted by molar-refractivity contribution is 6.00. The zero-order chi connectivity index (χ0) is 12.6. The summed E-state index contributed by atoms with van der Waals surface area (Å²) in [5.74, 6) is 0.129. The van der Waals surface area contributed by atoms with Gasteiger partial charge in [-0.25, -0.2) is 0 Å². The van der Waals surface area contributed by atoms with Crippen LogP contribution < -0.4 is 10.6 Å². The maximum atomic E-state index is 11.6. The molecule has 2 rings (SSSR count). The Balaban J connectivity index is 2.43. The van der Waals surface area contributed by atoms with Gasteiger partial charge in [-0.3, -0.25) is 4.79 Å². The Morgan fingerprint density at radius 1 is 1.53 bits per heavy atom. The lowest BCUT2D eigenvalue weighted by Crippen LogP contribution is -2.33. The molecule has 17 heavy (non-hydrogen) atoms. The molecule has 92 valence electrons. The summed E-state index contributed by atoms with van der Waals surface area (Å²) in [6.07, 6.45) is 0.462. The van der Waals surface area contributed by atoms with Crippen LogP contribution in [0.15, 0.2) is 18.2 Å². The molecule has 0 radical (unpaired) electrons. The maximum absolute atomic E-state index is 11.6. The van der Waals surface area contributed by atoms with Gasteiger partial charge >= 0.3 is 0 Å². The van der Waals surface area contributed by atoms with E-state index in [2.05, 4.69) is 0 Å². The number of carbonyl (C=O) groups excluding carboxylic acids is 1. The highest BCUT2D eigenvalue weighted by atomic mass is 16.5. The van der Waals surface area contributed by atoms with Gasteiger partial charge in [0.05, 0.1) is 6.42 Å². The van der Waals surface area contributed by atoms with Crippen LogP contribution in [-0.4, -0.2) is 26.6 Å². The highest BCUT2D eigenvalue weighted by Gasteiger charge is 2.29. The summed E-state index contributed by atoms with van der Waals surface area (Å²) in [4.78, 5) is 13.3. The largest absolute Gasteiger partial charge is 0.372 e. The first kappa shape index (κ1) is 12.1. The first-order chi connectivity index (χ1) is 8.01. The smallest absolute Gasteiger partial charge is 0.231 e. The third kappa shape index (κ3) is 1.83. The van der Waals surface area contributed by atoms with Crippen molar-refractivity contribution in [1.29, 1.82) is 0 Å². The number of nitrogens with zero attached hydrogens (tertiary/aromatic N) is 1. The number of rotatable bonds is 3. The third-order valence-electron chi connectivity index (χ3n) is 3.61. The number of fused-ring (bicyclic) bond motifs is 1. The van der Waals surface area contributed by atoms with Crippen molar-refractivity contribution < 1.29 is 9.53 Å². The Labute approximate surface area is 101 Å². The van der Waals surface area contributed by atoms with Crippen molar-refractivity contribution in [1.82, 2.24) is 0 Å². The van der Waals surface area contributed by atoms with E-state index in [4.69, 9.17) is 10.5 Å². The molecule has 0 saturated carbocycles. The molecule has 0 bridgehead atoms. The molecule has 0 aliphatic carbocycles. The van der Waals surface area contributed by atoms with Gasteiger partial charge in [-0.05, 0) is 24.1 Å². The second-order valence-corrected chi connectivity index (χ2v) is 4.61. The van der Waals surface area contributed by atoms with E-state index >= 15 is 0 Å². The molecule has 0 saturated heterocycles. The van der Waals surface area contributed by atoms with Crippen molar-refractivity contribution in [3.8, 4) is 0 Å². The summed E-state index contributed by atoms with van der Waals surface area (Å²) in [6, 6.07) is 5.96. The zero-order valence-electron chi connectivity index (χ0n) is 10.5. The van der Waals surface area contributed by atoms with Crippen LogP contribution in [0.25, 0.3) is 0 Å². The van der Waals surface area contributed by atoms with Crippen LogP contribution in [0.4, 0.5) is 5.69 Å². The topological polar surface area (TPSA) is 55.6 Å². The number of anilines is 1. The average Bonchev–Trinajstić information content (AvgIpc) is 2.63. The Hall–Kier alpha value is -1.39. The summed E-state index contributed by atoms with van der Waals surface area (Å²) in [6.45, 7) is 2.36. The van der Waals surface area contributed by atoms with Crippen molar-refractivity contribution in [2.24, 2.45) is 5.73 Å². The molecule has 4 heteroatoms. The minimum Gasteiger partial charge on any atom is -0.372 e. The summed E-state index contributed by atoms with van der Waals surface area (Å²) >= 11 is 0. The second kappa shape index (κ2) is 4.13. The first-order valence-corrected chi connectivity index (χ1v) is 5.67. The number of hydrogen-bond acceptors (Lipinski definition) is 3. The number of benzene rings is 1. The van der Waals surface area contributed by atoms with Gasteiger partial charge in [-0.1, -0.05) is 12.1 Å². The Morgan fingerprint density at radius 2 is 2.24 bits per heavy atom. The molecule has 1 aromatic carbocycles. The molecule has 0 aromatic heterocycles. The van der Waals surface area contributed by atoms with Gasteiger partial charge in [-0.2, -0.15) is 0 Å². The van der Waals surface area contributed by atoms with E-state index in [0.29, 0.717) is 13.0 Å². The quantitative estimate of drug-likeness (QED) is 0.849. The SMILES string of the molecule is COC(C)(CN)c1ccc2c(c1)CC(=O)N2C. The van der Waals surface area contributed by atoms with Gasteiger partial charge in [0.25, 0.3) is 0 Å². The number of ether oxygens (including phenoxy) is 1. The molecule has 2 N–H and O–H groups in total. The second-order valence-electron chi connectivity index (χ2n) is 4.61. The maximum Gasteiger partial charge on any atom is 0.231 e. The minimum atomic E-state index is -0.487. The lowest BCUT2D eigenvalue weighted by atomic mass is 9.93. The van der Waals surface area contributed by atoms with E-state index in [-0.39, 0.29) is 5.91 Å². The van der Waals surface area contributed by atoms with Crippen molar-refractivity contribution in [2.45, 2.75) is 18.9 Å². The van der Waals surface area contributed by atoms with Crippen molar-refractivity contribution >= 4 is 11.6 Å². The van der Waals surface area contributed by atoms with Crippen molar-refractivity contribution in [3.05, 3.63) is 29.3 Å². The Kier molecular flexibility index (Phi) is 2.93. The predicted molar refractivity (Wildman–Crippen MR) is 67.0 cm³/mol. The zero-order valence-corrected chi connectivity index (χ0v) is 10.5. The molecule has 1 unspecified atom stereocenters. The fourth-order valence-electron chi connectivity index (χ4n) is 2.12. The van der Waals surface area contributed by atoms with E-state index in [1.165, 1.54) is 0 Å². The molecule has 0 spiro atoms. The normalized spacial score (nSPS) is 18.1. The number of hydrogen-bond donors (Lipinski definition) is 1. The van der Waals surface area contributed by atoms with E-state index in [9.17, 15) is 4.79 Å². The molecule has 1 aliphatic rings. The average molecular weight is 234 g/mol. The fourth-order valence-corrected chi connectivity index (χ4v) is 2.12. The standard InChI is InChI=1S/C13H18N2O2/c1-13(8-14,17-3)10-4-5-11-9(6-10)7-12(16)15(11)2/h4-6H,7-8,14H2,1-3H3. The summed E-state index contributed by atoms with van der Waals surface area (Å²) in [5.41, 5.74) is 8.31. The first-order valence-electron chi connectivity index (χ1n) is 5.67. The third-order valence-corrected chi connectivity index (χ3v) is 3.61. The summed E-state index contributed by atoms with van der Waals surface area (Å²) in [7, 11) is 3.45. The monoisotopic (exact) mass is 234 g/mol. The lowest BCUT2D eigenvalue weighted by Gasteiger charge is -2.27. The fraction of sp³-hybridized carbons (Fsp3) is 0.462. The molecule has 1 aromatic rings. The Bertz CT molecular complexity index is 453. The van der Waals surface area contributed by atoms with Crippen LogP contribution in [0.1, 0.15) is 18.1 Å². The van der Waals surface area contributed by atoms with Gasteiger partial charge in [0.15, 0.2) is 0 Å². The number of nitrogens with two attached hydrogens (primary N) is 1. The van der Waals surface area contributed by atoms with Crippen molar-refractivity contribution in [3.63, 3.8) is 0 Å². The molecule has 1 heterocycles. The van der Waals surface area contributed by atoms with Gasteiger partial charge in [0, 0.05) is 26.4 Å². The van der Waals surface area contributed by atoms with Crippen LogP contribution in [0.5, 0.6) is 0 Å². The van der Waals surface area contributed by atoms with E-state index in [0.717, 1.165) is 16.8 Å². The van der Waals surface area contributed by atoms with Gasteiger partial charge in [0.1, 0.15) is 5.60 Å². The lowest BCUT2D eigenvalue weighted by molar-refractivity contribution is -0.117. The van der Waals surface area contributed by atoms with Gasteiger partial charge in [-0.15, -0.1) is 0 Å². The minimum absolute atomic E-state index is 0.129. The molecular weight excluding hydrogens is 216 g/mol. The molecule has 1 atom stereocenters. The molecule has 4 nitrogen and oxygen atoms in total. The van der Waals surface area contributed by atoms with Crippen LogP contribution in [0.2, 0.25) is 0 Å². The predicted octanol–water partition coefficient (Wildman–Crippen LogP) is 1.03. The molecule has 1 amide bonds. The Morgan fingerprint density at radius 3 is 2.82 bits per heavy atom. The van der Waals surface area contributed by atoms with Crippen LogP contribution >= 0.6 is 0 Å². The van der Waals surface area contributed by atoms with E-state index < -0.39 is 5.60 Å². The number of methoxy groups -OCH3 is 1. The molecule has 0 fully saturated rings. The molecule has 1 aliphatic heterocycles. The van der Waals surface area contributed by atoms with Gasteiger partial charge < -0.3 is 15.4 Å². The highest BCUT2D eigenvalue weighted by Crippen LogP contribution is 2.32. The molecular formula is C13H18N2O2. The number of amides is 1. The number of likely N-dealkylation sites (N-methyl/N-ethyl adjacent to an activating group) is 1. The van der Waals surface area contributed by atoms with Crippen LogP contribution in [0.3, 0.4) is 0 Å². The van der Waals surface area contributed by atoms with Crippen LogP contribution in [0, 0.1) is 0 Å². The summed E-state index contributed by atoms with van der Waals surface area (Å²) < 4.78 is 5.46. The van der Waals surface area contributed by atoms with Gasteiger partial charge in [0.2, 0.25) is 5.91 Å². The number of carbonyl (C=O) groups is 1. The van der Waals surface area contributed by atoms with E-state index in [1.807, 2.05) is 25.1 Å². The van der Waals surface area contributed by atoms with Crippen molar-refractivity contribution in [2.75, 3.05) is 25.6 Å². The van der Waals surface area contributed by atoms with E-state index in [1.54, 1.807) is 19.1 Å². The summed E-state index contributed by atoms with van der Waals surface area (Å²) in [5, 5.41) is 0. The van der Waals surface area contributed by atoms with Crippen LogP contribution in [-0.2, 0) is 21.6 Å².